The summed E-state index contributed by atoms with van der Waals surface area (Å²) < 4.78 is 0. The summed E-state index contributed by atoms with van der Waals surface area (Å²) in [6.07, 6.45) is 3.83. The summed E-state index contributed by atoms with van der Waals surface area (Å²) >= 11 is 7.14. The summed E-state index contributed by atoms with van der Waals surface area (Å²) in [5.74, 6) is 1.86. The number of benzene rings is 1. The van der Waals surface area contributed by atoms with E-state index in [9.17, 15) is 0 Å². The van der Waals surface area contributed by atoms with E-state index < -0.39 is 0 Å². The van der Waals surface area contributed by atoms with E-state index in [0.717, 1.165) is 30.3 Å². The minimum absolute atomic E-state index is 0.522. The van der Waals surface area contributed by atoms with Crippen LogP contribution in [0.2, 0.25) is 0 Å². The smallest absolute Gasteiger partial charge is 0.107 e. The summed E-state index contributed by atoms with van der Waals surface area (Å²) in [4.78, 5) is 4.21. The molecule has 1 aliphatic heterocycles. The van der Waals surface area contributed by atoms with E-state index in [-0.39, 0.29) is 0 Å². The van der Waals surface area contributed by atoms with Crippen molar-refractivity contribution in [2.24, 2.45) is 11.7 Å². The lowest BCUT2D eigenvalue weighted by atomic mass is 10.0. The quantitative estimate of drug-likeness (QED) is 0.671. The largest absolute Gasteiger partial charge is 0.389 e. The number of hydrogen-bond donors (Lipinski definition) is 1. The summed E-state index contributed by atoms with van der Waals surface area (Å²) in [6, 6.07) is 6.43. The average Bonchev–Trinajstić information content (AvgIpc) is 2.63. The van der Waals surface area contributed by atoms with Crippen LogP contribution in [0.5, 0.6) is 0 Å². The van der Waals surface area contributed by atoms with Gasteiger partial charge in [-0.05, 0) is 43.1 Å². The SMILES string of the molecule is CCSc1cccc(N2CCCC(C)CC2)c1C(N)=S. The fourth-order valence-electron chi connectivity index (χ4n) is 2.81. The van der Waals surface area contributed by atoms with E-state index in [4.69, 9.17) is 18.0 Å². The van der Waals surface area contributed by atoms with E-state index >= 15 is 0 Å². The predicted molar refractivity (Wildman–Crippen MR) is 94.0 cm³/mol. The first-order valence-corrected chi connectivity index (χ1v) is 8.83. The number of thioether (sulfide) groups is 1. The van der Waals surface area contributed by atoms with Gasteiger partial charge < -0.3 is 10.6 Å². The molecule has 4 heteroatoms. The maximum atomic E-state index is 6.01. The van der Waals surface area contributed by atoms with E-state index in [0.29, 0.717) is 4.99 Å². The van der Waals surface area contributed by atoms with Crippen molar-refractivity contribution in [3.63, 3.8) is 0 Å². The lowest BCUT2D eigenvalue weighted by molar-refractivity contribution is 0.521. The van der Waals surface area contributed by atoms with Crippen LogP contribution in [0.4, 0.5) is 5.69 Å². The molecule has 1 unspecified atom stereocenters. The van der Waals surface area contributed by atoms with E-state index in [1.165, 1.54) is 29.8 Å². The Bertz CT molecular complexity index is 474. The number of nitrogens with zero attached hydrogens (tertiary/aromatic N) is 1. The second-order valence-corrected chi connectivity index (χ2v) is 7.22. The van der Waals surface area contributed by atoms with Crippen molar-refractivity contribution < 1.29 is 0 Å². The topological polar surface area (TPSA) is 29.3 Å². The molecule has 1 heterocycles. The van der Waals surface area contributed by atoms with Crippen LogP contribution < -0.4 is 10.6 Å². The number of hydrogen-bond acceptors (Lipinski definition) is 3. The Kier molecular flexibility index (Phi) is 5.73. The molecule has 1 aromatic rings. The van der Waals surface area contributed by atoms with E-state index in [2.05, 4.69) is 36.9 Å². The third-order valence-corrected chi connectivity index (χ3v) is 5.05. The average molecular weight is 309 g/mol. The Morgan fingerprint density at radius 1 is 1.40 bits per heavy atom. The van der Waals surface area contributed by atoms with Gasteiger partial charge in [-0.25, -0.2) is 0 Å². The monoisotopic (exact) mass is 308 g/mol. The van der Waals surface area contributed by atoms with Crippen LogP contribution in [0, 0.1) is 5.92 Å². The molecule has 1 atom stereocenters. The van der Waals surface area contributed by atoms with Crippen molar-refractivity contribution in [3.05, 3.63) is 23.8 Å². The molecule has 0 aromatic heterocycles. The Balaban J connectivity index is 2.34. The number of rotatable bonds is 4. The van der Waals surface area contributed by atoms with Gasteiger partial charge in [-0.3, -0.25) is 0 Å². The minimum Gasteiger partial charge on any atom is -0.389 e. The highest BCUT2D eigenvalue weighted by atomic mass is 32.2. The molecule has 0 amide bonds. The summed E-state index contributed by atoms with van der Waals surface area (Å²) in [5, 5.41) is 0. The Morgan fingerprint density at radius 3 is 2.90 bits per heavy atom. The number of thiocarbonyl (C=S) groups is 1. The molecule has 20 heavy (non-hydrogen) atoms. The van der Waals surface area contributed by atoms with Crippen molar-refractivity contribution in [2.75, 3.05) is 23.7 Å². The highest BCUT2D eigenvalue weighted by molar-refractivity contribution is 7.99. The van der Waals surface area contributed by atoms with E-state index in [1.54, 1.807) is 0 Å². The molecule has 0 radical (unpaired) electrons. The molecule has 2 nitrogen and oxygen atoms in total. The fourth-order valence-corrected chi connectivity index (χ4v) is 3.93. The molecular weight excluding hydrogens is 284 g/mol. The summed E-state index contributed by atoms with van der Waals surface area (Å²) in [7, 11) is 0. The maximum Gasteiger partial charge on any atom is 0.107 e. The van der Waals surface area contributed by atoms with Gasteiger partial charge in [0.15, 0.2) is 0 Å². The molecule has 1 aromatic carbocycles. The van der Waals surface area contributed by atoms with Crippen molar-refractivity contribution in [1.29, 1.82) is 0 Å². The number of anilines is 1. The molecule has 0 bridgehead atoms. The molecule has 1 aliphatic rings. The molecule has 110 valence electrons. The van der Waals surface area contributed by atoms with Crippen LogP contribution >= 0.6 is 24.0 Å². The summed E-state index contributed by atoms with van der Waals surface area (Å²) in [6.45, 7) is 6.73. The Labute approximate surface area is 132 Å². The third kappa shape index (κ3) is 3.67. The molecule has 1 fully saturated rings. The normalized spacial score (nSPS) is 19.7. The lowest BCUT2D eigenvalue weighted by Gasteiger charge is -2.26. The molecule has 0 saturated carbocycles. The maximum absolute atomic E-state index is 6.01. The molecule has 0 aliphatic carbocycles. The predicted octanol–water partition coefficient (Wildman–Crippen LogP) is 4.06. The first-order valence-electron chi connectivity index (χ1n) is 7.44. The van der Waals surface area contributed by atoms with Gasteiger partial charge in [-0.1, -0.05) is 32.1 Å². The minimum atomic E-state index is 0.522. The third-order valence-electron chi connectivity index (χ3n) is 3.91. The van der Waals surface area contributed by atoms with Crippen LogP contribution in [0.25, 0.3) is 0 Å². The first kappa shape index (κ1) is 15.6. The fraction of sp³-hybridized carbons (Fsp3) is 0.562. The highest BCUT2D eigenvalue weighted by Gasteiger charge is 2.19. The standard InChI is InChI=1S/C16H24N2S2/c1-3-20-14-8-4-7-13(15(14)16(17)19)18-10-5-6-12(2)9-11-18/h4,7-8,12H,3,5-6,9-11H2,1-2H3,(H2,17,19). The molecule has 2 rings (SSSR count). The zero-order valence-corrected chi connectivity index (χ0v) is 14.0. The van der Waals surface area contributed by atoms with Gasteiger partial charge in [0.25, 0.3) is 0 Å². The van der Waals surface area contributed by atoms with Gasteiger partial charge in [-0.15, -0.1) is 11.8 Å². The lowest BCUT2D eigenvalue weighted by Crippen LogP contribution is -2.27. The second-order valence-electron chi connectivity index (χ2n) is 5.47. The molecule has 0 spiro atoms. The van der Waals surface area contributed by atoms with Crippen molar-refractivity contribution >= 4 is 34.7 Å². The number of nitrogens with two attached hydrogens (primary N) is 1. The van der Waals surface area contributed by atoms with Crippen LogP contribution in [-0.2, 0) is 0 Å². The van der Waals surface area contributed by atoms with Crippen LogP contribution in [0.15, 0.2) is 23.1 Å². The van der Waals surface area contributed by atoms with Gasteiger partial charge >= 0.3 is 0 Å². The van der Waals surface area contributed by atoms with Crippen LogP contribution in [0.1, 0.15) is 38.7 Å². The first-order chi connectivity index (χ1) is 9.63. The van der Waals surface area contributed by atoms with Gasteiger partial charge in [0.1, 0.15) is 4.99 Å². The summed E-state index contributed by atoms with van der Waals surface area (Å²) in [5.41, 5.74) is 8.31. The van der Waals surface area contributed by atoms with Gasteiger partial charge in [0.2, 0.25) is 0 Å². The van der Waals surface area contributed by atoms with Crippen molar-refractivity contribution in [2.45, 2.75) is 38.0 Å². The highest BCUT2D eigenvalue weighted by Crippen LogP contribution is 2.32. The van der Waals surface area contributed by atoms with Crippen LogP contribution in [0.3, 0.4) is 0 Å². The van der Waals surface area contributed by atoms with Gasteiger partial charge in [0.05, 0.1) is 0 Å². The van der Waals surface area contributed by atoms with Crippen LogP contribution in [-0.4, -0.2) is 23.8 Å². The second kappa shape index (κ2) is 7.32. The molecule has 1 saturated heterocycles. The zero-order valence-electron chi connectivity index (χ0n) is 12.4. The van der Waals surface area contributed by atoms with Crippen molar-refractivity contribution in [1.82, 2.24) is 0 Å². The Morgan fingerprint density at radius 2 is 2.20 bits per heavy atom. The van der Waals surface area contributed by atoms with Gasteiger partial charge in [0, 0.05) is 29.2 Å². The molecule has 2 N–H and O–H groups in total. The van der Waals surface area contributed by atoms with Gasteiger partial charge in [-0.2, -0.15) is 0 Å². The van der Waals surface area contributed by atoms with E-state index in [1.807, 2.05) is 11.8 Å². The molecular formula is C16H24N2S2. The van der Waals surface area contributed by atoms with Crippen molar-refractivity contribution in [3.8, 4) is 0 Å². The zero-order chi connectivity index (χ0) is 14.5. The Hall–Kier alpha value is -0.740.